The summed E-state index contributed by atoms with van der Waals surface area (Å²) in [7, 11) is 0. The van der Waals surface area contributed by atoms with Crippen molar-refractivity contribution in [2.45, 2.75) is 38.5 Å². The number of hydrogen-bond donors (Lipinski definition) is 2. The van der Waals surface area contributed by atoms with E-state index in [2.05, 4.69) is 18.7 Å². The number of likely N-dealkylation sites (tertiary alicyclic amines) is 1. The van der Waals surface area contributed by atoms with Crippen LogP contribution in [-0.2, 0) is 4.79 Å². The molecule has 0 aromatic heterocycles. The number of carboxylic acid groups (broad SMARTS) is 1. The molecule has 20 heavy (non-hydrogen) atoms. The predicted molar refractivity (Wildman–Crippen MR) is 72.4 cm³/mol. The summed E-state index contributed by atoms with van der Waals surface area (Å²) in [5.41, 5.74) is 0. The summed E-state index contributed by atoms with van der Waals surface area (Å²) in [6.07, 6.45) is -0.625. The molecular weight excluding hydrogens is 262 g/mol. The minimum Gasteiger partial charge on any atom is -0.480 e. The summed E-state index contributed by atoms with van der Waals surface area (Å²) >= 11 is 0. The van der Waals surface area contributed by atoms with E-state index in [1.807, 2.05) is 0 Å². The molecule has 0 aromatic carbocycles. The number of carbonyl (C=O) groups excluding carboxylic acids is 1. The van der Waals surface area contributed by atoms with Gasteiger partial charge in [-0.3, -0.25) is 4.90 Å². The Morgan fingerprint density at radius 1 is 1.25 bits per heavy atom. The molecule has 2 heterocycles. The standard InChI is InChI=1S/C13H23N3O4/c1-3-14-4-5-15(7-9(14)2)13(20)16-8-10(17)6-11(16)12(18)19/h9-11,17H,3-8H2,1-2H3,(H,18,19)/t9?,10?,11-/m0/s1. The Balaban J connectivity index is 2.02. The lowest BCUT2D eigenvalue weighted by molar-refractivity contribution is -0.141. The van der Waals surface area contributed by atoms with E-state index < -0.39 is 18.1 Å². The number of rotatable bonds is 2. The van der Waals surface area contributed by atoms with E-state index in [4.69, 9.17) is 5.11 Å². The SMILES string of the molecule is CCN1CCN(C(=O)N2CC(O)C[C@H]2C(=O)O)CC1C. The van der Waals surface area contributed by atoms with Gasteiger partial charge in [0.2, 0.25) is 0 Å². The van der Waals surface area contributed by atoms with E-state index in [-0.39, 0.29) is 25.0 Å². The highest BCUT2D eigenvalue weighted by Crippen LogP contribution is 2.21. The smallest absolute Gasteiger partial charge is 0.326 e. The van der Waals surface area contributed by atoms with Crippen LogP contribution < -0.4 is 0 Å². The first-order valence-electron chi connectivity index (χ1n) is 7.14. The Morgan fingerprint density at radius 2 is 1.95 bits per heavy atom. The average Bonchev–Trinajstić information content (AvgIpc) is 2.80. The molecule has 2 amide bonds. The Hall–Kier alpha value is -1.34. The third-order valence-electron chi connectivity index (χ3n) is 4.25. The van der Waals surface area contributed by atoms with Crippen molar-refractivity contribution in [1.82, 2.24) is 14.7 Å². The molecule has 0 saturated carbocycles. The van der Waals surface area contributed by atoms with Crippen LogP contribution in [-0.4, -0.2) is 87.8 Å². The molecule has 2 fully saturated rings. The van der Waals surface area contributed by atoms with Gasteiger partial charge in [0.15, 0.2) is 0 Å². The summed E-state index contributed by atoms with van der Waals surface area (Å²) in [5, 5.41) is 18.8. The van der Waals surface area contributed by atoms with Gasteiger partial charge in [0.1, 0.15) is 6.04 Å². The first kappa shape index (κ1) is 15.1. The van der Waals surface area contributed by atoms with Crippen LogP contribution in [0.15, 0.2) is 0 Å². The zero-order valence-corrected chi connectivity index (χ0v) is 12.0. The molecule has 2 unspecified atom stereocenters. The van der Waals surface area contributed by atoms with E-state index in [1.165, 1.54) is 4.90 Å². The van der Waals surface area contributed by atoms with Crippen LogP contribution in [0.5, 0.6) is 0 Å². The fourth-order valence-electron chi connectivity index (χ4n) is 3.08. The van der Waals surface area contributed by atoms with E-state index in [0.717, 1.165) is 13.1 Å². The van der Waals surface area contributed by atoms with Crippen molar-refractivity contribution in [1.29, 1.82) is 0 Å². The van der Waals surface area contributed by atoms with Gasteiger partial charge in [0.25, 0.3) is 0 Å². The fraction of sp³-hybridized carbons (Fsp3) is 0.846. The van der Waals surface area contributed by atoms with Gasteiger partial charge in [-0.2, -0.15) is 0 Å². The molecule has 0 bridgehead atoms. The summed E-state index contributed by atoms with van der Waals surface area (Å²) < 4.78 is 0. The van der Waals surface area contributed by atoms with Crippen molar-refractivity contribution in [2.75, 3.05) is 32.7 Å². The molecule has 2 saturated heterocycles. The summed E-state index contributed by atoms with van der Waals surface area (Å²) in [6.45, 7) is 7.22. The predicted octanol–water partition coefficient (Wildman–Crippen LogP) is -0.348. The number of urea groups is 1. The second-order valence-corrected chi connectivity index (χ2v) is 5.60. The molecule has 2 aliphatic heterocycles. The lowest BCUT2D eigenvalue weighted by atomic mass is 10.2. The topological polar surface area (TPSA) is 84.3 Å². The Morgan fingerprint density at radius 3 is 2.50 bits per heavy atom. The van der Waals surface area contributed by atoms with Crippen molar-refractivity contribution in [3.05, 3.63) is 0 Å². The van der Waals surface area contributed by atoms with Gasteiger partial charge >= 0.3 is 12.0 Å². The second-order valence-electron chi connectivity index (χ2n) is 5.60. The number of β-amino-alcohol motifs (C(OH)–C–C–N with tert-alkyl or cyclic N) is 1. The zero-order valence-electron chi connectivity index (χ0n) is 12.0. The molecule has 0 aliphatic carbocycles. The maximum atomic E-state index is 12.5. The number of carbonyl (C=O) groups is 2. The summed E-state index contributed by atoms with van der Waals surface area (Å²) in [5.74, 6) is -1.05. The second kappa shape index (κ2) is 5.97. The lowest BCUT2D eigenvalue weighted by Crippen LogP contribution is -2.57. The van der Waals surface area contributed by atoms with Crippen molar-refractivity contribution < 1.29 is 19.8 Å². The molecule has 7 nitrogen and oxygen atoms in total. The summed E-state index contributed by atoms with van der Waals surface area (Å²) in [4.78, 5) is 28.9. The Labute approximate surface area is 118 Å². The number of aliphatic hydroxyl groups excluding tert-OH is 1. The molecule has 7 heteroatoms. The maximum Gasteiger partial charge on any atom is 0.326 e. The van der Waals surface area contributed by atoms with Crippen molar-refractivity contribution in [3.63, 3.8) is 0 Å². The number of nitrogens with zero attached hydrogens (tertiary/aromatic N) is 3. The van der Waals surface area contributed by atoms with Gasteiger partial charge in [-0.05, 0) is 13.5 Å². The monoisotopic (exact) mass is 285 g/mol. The van der Waals surface area contributed by atoms with Crippen LogP contribution in [0.3, 0.4) is 0 Å². The number of likely N-dealkylation sites (N-methyl/N-ethyl adjacent to an activating group) is 1. The number of aliphatic hydroxyl groups is 1. The van der Waals surface area contributed by atoms with Crippen molar-refractivity contribution in [2.24, 2.45) is 0 Å². The molecule has 2 rings (SSSR count). The van der Waals surface area contributed by atoms with Crippen LogP contribution in [0.1, 0.15) is 20.3 Å². The van der Waals surface area contributed by atoms with Crippen LogP contribution >= 0.6 is 0 Å². The van der Waals surface area contributed by atoms with Gasteiger partial charge < -0.3 is 20.0 Å². The highest BCUT2D eigenvalue weighted by Gasteiger charge is 2.41. The van der Waals surface area contributed by atoms with Crippen LogP contribution in [0.4, 0.5) is 4.79 Å². The Kier molecular flexibility index (Phi) is 4.49. The van der Waals surface area contributed by atoms with Crippen LogP contribution in [0.25, 0.3) is 0 Å². The lowest BCUT2D eigenvalue weighted by Gasteiger charge is -2.41. The number of carboxylic acids is 1. The summed E-state index contributed by atoms with van der Waals surface area (Å²) in [6, 6.07) is -0.901. The normalized spacial score (nSPS) is 31.6. The molecule has 2 N–H and O–H groups in total. The Bertz CT molecular complexity index is 390. The van der Waals surface area contributed by atoms with Crippen LogP contribution in [0, 0.1) is 0 Å². The molecular formula is C13H23N3O4. The maximum absolute atomic E-state index is 12.5. The largest absolute Gasteiger partial charge is 0.480 e. The van der Waals surface area contributed by atoms with Gasteiger partial charge in [0, 0.05) is 38.6 Å². The first-order valence-corrected chi connectivity index (χ1v) is 7.14. The van der Waals surface area contributed by atoms with Crippen LogP contribution in [0.2, 0.25) is 0 Å². The highest BCUT2D eigenvalue weighted by atomic mass is 16.4. The van der Waals surface area contributed by atoms with E-state index in [0.29, 0.717) is 13.1 Å². The average molecular weight is 285 g/mol. The fourth-order valence-corrected chi connectivity index (χ4v) is 3.08. The van der Waals surface area contributed by atoms with Gasteiger partial charge in [-0.1, -0.05) is 6.92 Å². The quantitative estimate of drug-likeness (QED) is 0.724. The van der Waals surface area contributed by atoms with Gasteiger partial charge in [-0.25, -0.2) is 9.59 Å². The first-order chi connectivity index (χ1) is 9.43. The highest BCUT2D eigenvalue weighted by molar-refractivity contribution is 5.83. The van der Waals surface area contributed by atoms with Crippen molar-refractivity contribution >= 4 is 12.0 Å². The number of aliphatic carboxylic acids is 1. The van der Waals surface area contributed by atoms with Crippen molar-refractivity contribution in [3.8, 4) is 0 Å². The zero-order chi connectivity index (χ0) is 14.9. The number of amides is 2. The molecule has 0 spiro atoms. The molecule has 3 atom stereocenters. The van der Waals surface area contributed by atoms with Gasteiger partial charge in [-0.15, -0.1) is 0 Å². The molecule has 0 aromatic rings. The third-order valence-corrected chi connectivity index (χ3v) is 4.25. The molecule has 114 valence electrons. The van der Waals surface area contributed by atoms with Gasteiger partial charge in [0.05, 0.1) is 6.10 Å². The minimum atomic E-state index is -1.05. The number of piperazine rings is 1. The minimum absolute atomic E-state index is 0.109. The third kappa shape index (κ3) is 2.88. The van der Waals surface area contributed by atoms with E-state index >= 15 is 0 Å². The molecule has 2 aliphatic rings. The van der Waals surface area contributed by atoms with E-state index in [9.17, 15) is 14.7 Å². The number of hydrogen-bond acceptors (Lipinski definition) is 4. The van der Waals surface area contributed by atoms with E-state index in [1.54, 1.807) is 4.90 Å². The molecule has 0 radical (unpaired) electrons.